The van der Waals surface area contributed by atoms with Gasteiger partial charge in [-0.05, 0) is 30.0 Å². The van der Waals surface area contributed by atoms with Crippen LogP contribution in [0.15, 0.2) is 18.2 Å². The molecule has 1 aromatic rings. The zero-order valence-electron chi connectivity index (χ0n) is 16.5. The van der Waals surface area contributed by atoms with Crippen LogP contribution < -0.4 is 15.1 Å². The Labute approximate surface area is 192 Å². The van der Waals surface area contributed by atoms with Crippen molar-refractivity contribution in [2.45, 2.75) is 10.8 Å². The van der Waals surface area contributed by atoms with Gasteiger partial charge in [0.25, 0.3) is 5.24 Å². The van der Waals surface area contributed by atoms with Crippen LogP contribution in [0.2, 0.25) is 0 Å². The van der Waals surface area contributed by atoms with E-state index < -0.39 is 43.6 Å². The second-order valence-corrected chi connectivity index (χ2v) is 13.4. The molecule has 2 aliphatic heterocycles. The van der Waals surface area contributed by atoms with Gasteiger partial charge >= 0.3 is 13.7 Å². The van der Waals surface area contributed by atoms with Gasteiger partial charge in [-0.1, -0.05) is 0 Å². The molecule has 4 N–H and O–H groups in total. The molecule has 2 heterocycles. The number of nitrogens with one attached hydrogen (secondary N) is 1. The SMILES string of the molecule is O=C(NC[C@H]1CN(c2ccc(N3CCSCC3)c(F)c2)C(=O)O1)SC([PH](=O)O)P(=O)(O)O. The highest BCUT2D eigenvalue weighted by atomic mass is 32.2. The minimum atomic E-state index is -4.96. The lowest BCUT2D eigenvalue weighted by molar-refractivity contribution is 0.141. The number of benzene rings is 1. The summed E-state index contributed by atoms with van der Waals surface area (Å²) in [4.78, 5) is 54.4. The third-order valence-electron chi connectivity index (χ3n) is 4.68. The van der Waals surface area contributed by atoms with Crippen LogP contribution in [0.4, 0.5) is 25.4 Å². The van der Waals surface area contributed by atoms with Gasteiger partial charge in [0, 0.05) is 24.6 Å². The van der Waals surface area contributed by atoms with Crippen LogP contribution in [0.1, 0.15) is 0 Å². The fourth-order valence-corrected chi connectivity index (χ4v) is 7.15. The van der Waals surface area contributed by atoms with Crippen LogP contribution in [0.3, 0.4) is 0 Å². The minimum absolute atomic E-state index is 0.0153. The summed E-state index contributed by atoms with van der Waals surface area (Å²) in [7, 11) is -8.64. The number of hydrogen-bond acceptors (Lipinski definition) is 8. The molecule has 3 rings (SSSR count). The number of anilines is 2. The van der Waals surface area contributed by atoms with Crippen molar-refractivity contribution >= 4 is 61.9 Å². The third kappa shape index (κ3) is 6.40. The van der Waals surface area contributed by atoms with Crippen molar-refractivity contribution in [3.63, 3.8) is 0 Å². The van der Waals surface area contributed by atoms with Crippen molar-refractivity contribution in [2.24, 2.45) is 0 Å². The van der Waals surface area contributed by atoms with Crippen molar-refractivity contribution in [2.75, 3.05) is 47.5 Å². The monoisotopic (exact) mass is 529 g/mol. The van der Waals surface area contributed by atoms with Crippen LogP contribution in [0.25, 0.3) is 0 Å². The Hall–Kier alpha value is -1.27. The molecule has 2 unspecified atom stereocenters. The van der Waals surface area contributed by atoms with Gasteiger partial charge in [0.15, 0.2) is 4.73 Å². The Morgan fingerprint density at radius 1 is 1.41 bits per heavy atom. The first-order valence-corrected chi connectivity index (χ1v) is 14.5. The van der Waals surface area contributed by atoms with E-state index in [1.54, 1.807) is 23.9 Å². The zero-order chi connectivity index (χ0) is 23.5. The van der Waals surface area contributed by atoms with Gasteiger partial charge in [-0.3, -0.25) is 18.8 Å². The summed E-state index contributed by atoms with van der Waals surface area (Å²) >= 11 is 1.82. The number of nitrogens with zero attached hydrogens (tertiary/aromatic N) is 2. The Morgan fingerprint density at radius 2 is 2.09 bits per heavy atom. The average Bonchev–Trinajstić information content (AvgIpc) is 3.10. The normalized spacial score (nSPS) is 21.2. The van der Waals surface area contributed by atoms with E-state index in [0.717, 1.165) is 24.6 Å². The van der Waals surface area contributed by atoms with E-state index in [2.05, 4.69) is 5.32 Å². The Kier molecular flexibility index (Phi) is 8.53. The summed E-state index contributed by atoms with van der Waals surface area (Å²) in [6.45, 7) is 1.29. The summed E-state index contributed by atoms with van der Waals surface area (Å²) in [5.74, 6) is 1.36. The number of hydrogen-bond donors (Lipinski definition) is 4. The molecule has 0 aliphatic carbocycles. The van der Waals surface area contributed by atoms with Gasteiger partial charge in [-0.2, -0.15) is 11.8 Å². The molecule has 2 amide bonds. The molecule has 0 saturated carbocycles. The smallest absolute Gasteiger partial charge is 0.414 e. The fraction of sp³-hybridized carbons (Fsp3) is 0.500. The van der Waals surface area contributed by atoms with Gasteiger partial charge < -0.3 is 29.6 Å². The first-order valence-electron chi connectivity index (χ1n) is 9.39. The molecule has 2 aliphatic rings. The number of amides is 2. The fourth-order valence-electron chi connectivity index (χ4n) is 3.17. The Bertz CT molecular complexity index is 946. The summed E-state index contributed by atoms with van der Waals surface area (Å²) < 4.78 is 40.1. The quantitative estimate of drug-likeness (QED) is 0.384. The minimum Gasteiger partial charge on any atom is -0.442 e. The molecule has 178 valence electrons. The number of ether oxygens (including phenoxy) is 1. The zero-order valence-corrected chi connectivity index (χ0v) is 20.1. The average molecular weight is 529 g/mol. The molecule has 11 nitrogen and oxygen atoms in total. The van der Waals surface area contributed by atoms with Gasteiger partial charge in [-0.15, -0.1) is 0 Å². The molecule has 3 atom stereocenters. The van der Waals surface area contributed by atoms with Crippen molar-refractivity contribution in [1.82, 2.24) is 5.32 Å². The maximum absolute atomic E-state index is 14.7. The number of cyclic esters (lactones) is 1. The lowest BCUT2D eigenvalue weighted by Crippen LogP contribution is -2.34. The standard InChI is InChI=1S/C16H22FN3O8P2S2/c17-12-7-10(1-2-13(12)19-3-5-31-6-4-19)20-9-11(28-15(20)22)8-18-14(21)32-16(29(23)24)30(25,26)27/h1-2,7,11,16,29H,3-6,8-9H2,(H,18,21)(H,23,24)(H2,25,26,27)/t11-,16?/m0/s1. The molecular formula is C16H22FN3O8P2S2. The number of thioether (sulfide) groups is 2. The summed E-state index contributed by atoms with van der Waals surface area (Å²) in [5.41, 5.74) is 0.761. The highest BCUT2D eigenvalue weighted by molar-refractivity contribution is 8.21. The van der Waals surface area contributed by atoms with Crippen molar-refractivity contribution < 1.29 is 42.5 Å². The van der Waals surface area contributed by atoms with E-state index >= 15 is 0 Å². The van der Waals surface area contributed by atoms with Crippen LogP contribution in [-0.4, -0.2) is 74.5 Å². The van der Waals surface area contributed by atoms with Crippen LogP contribution in [0, 0.1) is 5.82 Å². The number of carbonyl (C=O) groups is 2. The topological polar surface area (TPSA) is 157 Å². The molecule has 0 radical (unpaired) electrons. The maximum atomic E-state index is 14.7. The summed E-state index contributed by atoms with van der Waals surface area (Å²) in [5, 5.41) is 1.35. The predicted molar refractivity (Wildman–Crippen MR) is 122 cm³/mol. The molecule has 0 spiro atoms. The van der Waals surface area contributed by atoms with Gasteiger partial charge in [0.1, 0.15) is 11.9 Å². The van der Waals surface area contributed by atoms with Gasteiger partial charge in [-0.25, -0.2) is 9.18 Å². The Morgan fingerprint density at radius 3 is 2.69 bits per heavy atom. The predicted octanol–water partition coefficient (Wildman–Crippen LogP) is 2.08. The van der Waals surface area contributed by atoms with Crippen molar-refractivity contribution in [3.05, 3.63) is 24.0 Å². The highest BCUT2D eigenvalue weighted by Gasteiger charge is 2.37. The largest absolute Gasteiger partial charge is 0.442 e. The lowest BCUT2D eigenvalue weighted by Gasteiger charge is -2.29. The first kappa shape index (κ1) is 25.4. The number of rotatable bonds is 7. The molecule has 2 saturated heterocycles. The molecule has 16 heteroatoms. The van der Waals surface area contributed by atoms with Crippen LogP contribution in [0.5, 0.6) is 0 Å². The molecule has 32 heavy (non-hydrogen) atoms. The van der Waals surface area contributed by atoms with Crippen molar-refractivity contribution in [3.8, 4) is 0 Å². The second-order valence-electron chi connectivity index (χ2n) is 6.92. The molecular weight excluding hydrogens is 507 g/mol. The van der Waals surface area contributed by atoms with Crippen LogP contribution >= 0.6 is 39.1 Å². The molecule has 0 aromatic heterocycles. The number of halogens is 1. The Balaban J connectivity index is 1.57. The molecule has 2 fully saturated rings. The second kappa shape index (κ2) is 10.8. The third-order valence-corrected chi connectivity index (χ3v) is 11.0. The van der Waals surface area contributed by atoms with E-state index in [4.69, 9.17) is 19.4 Å². The summed E-state index contributed by atoms with van der Waals surface area (Å²) in [6, 6.07) is 4.47. The summed E-state index contributed by atoms with van der Waals surface area (Å²) in [6.07, 6.45) is -1.53. The van der Waals surface area contributed by atoms with E-state index in [0.29, 0.717) is 11.4 Å². The number of carbonyl (C=O) groups excluding carboxylic acids is 2. The van der Waals surface area contributed by atoms with E-state index in [1.165, 1.54) is 11.0 Å². The van der Waals surface area contributed by atoms with E-state index in [9.17, 15) is 23.1 Å². The molecule has 0 bridgehead atoms. The first-order chi connectivity index (χ1) is 15.1. The van der Waals surface area contributed by atoms with Gasteiger partial charge in [0.05, 0.1) is 24.5 Å². The van der Waals surface area contributed by atoms with E-state index in [1.807, 2.05) is 4.90 Å². The van der Waals surface area contributed by atoms with Crippen molar-refractivity contribution in [1.29, 1.82) is 0 Å². The maximum Gasteiger partial charge on any atom is 0.414 e. The molecule has 1 aromatic carbocycles. The van der Waals surface area contributed by atoms with Crippen LogP contribution in [-0.2, 0) is 13.9 Å². The highest BCUT2D eigenvalue weighted by Crippen LogP contribution is 2.57. The van der Waals surface area contributed by atoms with E-state index in [-0.39, 0.29) is 24.9 Å². The van der Waals surface area contributed by atoms with Gasteiger partial charge in [0.2, 0.25) is 8.03 Å². The lowest BCUT2D eigenvalue weighted by atomic mass is 10.2.